The maximum Gasteiger partial charge on any atom is -0.0149 e. The first-order chi connectivity index (χ1) is 4.41. The summed E-state index contributed by atoms with van der Waals surface area (Å²) in [5.74, 6) is 0. The third-order valence-corrected chi connectivity index (χ3v) is 3.62. The summed E-state index contributed by atoms with van der Waals surface area (Å²) >= 11 is 0.496. The largest absolute Gasteiger partial charge is 0.0149 e. The van der Waals surface area contributed by atoms with Gasteiger partial charge in [-0.2, -0.15) is 0 Å². The van der Waals surface area contributed by atoms with Crippen LogP contribution >= 0.6 is 0 Å². The van der Waals surface area contributed by atoms with Crippen LogP contribution in [0.4, 0.5) is 0 Å². The van der Waals surface area contributed by atoms with E-state index < -0.39 is 0 Å². The van der Waals surface area contributed by atoms with Gasteiger partial charge in [-0.25, -0.2) is 0 Å². The number of rotatable bonds is 6. The van der Waals surface area contributed by atoms with E-state index in [2.05, 4.69) is 13.8 Å². The minimum atomic E-state index is 0. The molecular weight excluding hydrogens is 172 g/mol. The van der Waals surface area contributed by atoms with E-state index in [1.807, 2.05) is 0 Å². The molecule has 0 aromatic rings. The van der Waals surface area contributed by atoms with Crippen LogP contribution in [0.1, 0.15) is 39.5 Å². The summed E-state index contributed by atoms with van der Waals surface area (Å²) in [5.41, 5.74) is 0. The molecule has 0 atom stereocenters. The van der Waals surface area contributed by atoms with E-state index in [0.717, 1.165) is 0 Å². The van der Waals surface area contributed by atoms with Gasteiger partial charge < -0.3 is 0 Å². The molecule has 0 rings (SSSR count). The van der Waals surface area contributed by atoms with Crippen LogP contribution in [0.15, 0.2) is 0 Å². The third kappa shape index (κ3) is 11.7. The zero-order valence-corrected chi connectivity index (χ0v) is 8.30. The van der Waals surface area contributed by atoms with Gasteiger partial charge in [0.05, 0.1) is 0 Å². The molecule has 0 nitrogen and oxygen atoms in total. The first-order valence-electron chi connectivity index (χ1n) is 4.12. The van der Waals surface area contributed by atoms with Gasteiger partial charge in [-0.05, 0) is 11.0 Å². The van der Waals surface area contributed by atoms with Crippen molar-refractivity contribution in [2.45, 2.75) is 49.0 Å². The molecule has 0 radical (unpaired) electrons. The van der Waals surface area contributed by atoms with E-state index in [-0.39, 0.29) is 11.0 Å². The van der Waals surface area contributed by atoms with E-state index in [4.69, 9.17) is 0 Å². The topological polar surface area (TPSA) is 0 Å². The Morgan fingerprint density at radius 2 is 1.30 bits per heavy atom. The number of unbranched alkanes of at least 4 members (excludes halogenated alkanes) is 2. The minimum Gasteiger partial charge on any atom is -0.0149 e. The molecule has 0 amide bonds. The molecule has 0 heterocycles. The average Bonchev–Trinajstić information content (AvgIpc) is 1.89. The van der Waals surface area contributed by atoms with Crippen molar-refractivity contribution in [2.75, 3.05) is 0 Å². The fourth-order valence-electron chi connectivity index (χ4n) is 0.729. The van der Waals surface area contributed by atoms with Crippen molar-refractivity contribution >= 4 is 11.0 Å². The van der Waals surface area contributed by atoms with Gasteiger partial charge in [-0.1, -0.05) is 0 Å². The van der Waals surface area contributed by atoms with Crippen LogP contribution in [0.5, 0.6) is 0 Å². The smallest absolute Gasteiger partial charge is 0.0149 e. The zero-order valence-electron chi connectivity index (χ0n) is 6.74. The molecular formula is C8H22SiTi. The summed E-state index contributed by atoms with van der Waals surface area (Å²) in [6, 6.07) is 0. The second kappa shape index (κ2) is 12.6. The van der Waals surface area contributed by atoms with Crippen molar-refractivity contribution in [3.05, 3.63) is 0 Å². The van der Waals surface area contributed by atoms with Crippen LogP contribution in [0.3, 0.4) is 0 Å². The summed E-state index contributed by atoms with van der Waals surface area (Å²) in [6.45, 7) is 4.57. The van der Waals surface area contributed by atoms with E-state index in [1.54, 1.807) is 9.45 Å². The molecule has 0 aliphatic heterocycles. The Kier molecular flexibility index (Phi) is 17.0. The van der Waals surface area contributed by atoms with Crippen LogP contribution in [-0.2, 0) is 19.2 Å². The standard InChI is InChI=1S/2C4H9.H4Si.Ti/c2*1-3-4-2;;/h2*1,3-4H2,2H3;1H4;. The number of hydrogen-bond acceptors (Lipinski definition) is 0. The summed E-state index contributed by atoms with van der Waals surface area (Å²) < 4.78 is 3.16. The molecule has 0 saturated carbocycles. The summed E-state index contributed by atoms with van der Waals surface area (Å²) in [4.78, 5) is 0. The Balaban J connectivity index is 0. The maximum atomic E-state index is 2.28. The van der Waals surface area contributed by atoms with Gasteiger partial charge in [0, 0.05) is 0 Å². The molecule has 0 aromatic heterocycles. The van der Waals surface area contributed by atoms with Crippen molar-refractivity contribution in [3.63, 3.8) is 0 Å². The quantitative estimate of drug-likeness (QED) is 0.448. The molecule has 0 bridgehead atoms. The van der Waals surface area contributed by atoms with Crippen molar-refractivity contribution in [3.8, 4) is 0 Å². The van der Waals surface area contributed by atoms with Gasteiger partial charge >= 0.3 is 68.1 Å². The van der Waals surface area contributed by atoms with Gasteiger partial charge in [-0.15, -0.1) is 0 Å². The van der Waals surface area contributed by atoms with Gasteiger partial charge in [-0.3, -0.25) is 0 Å². The van der Waals surface area contributed by atoms with E-state index in [1.165, 1.54) is 25.7 Å². The van der Waals surface area contributed by atoms with Crippen LogP contribution in [0, 0.1) is 0 Å². The van der Waals surface area contributed by atoms with Crippen LogP contribution in [0.25, 0.3) is 0 Å². The van der Waals surface area contributed by atoms with Crippen molar-refractivity contribution in [2.24, 2.45) is 0 Å². The summed E-state index contributed by atoms with van der Waals surface area (Å²) in [6.07, 6.45) is 5.78. The molecule has 10 heavy (non-hydrogen) atoms. The van der Waals surface area contributed by atoms with E-state index in [0.29, 0.717) is 19.2 Å². The molecule has 62 valence electrons. The van der Waals surface area contributed by atoms with Crippen molar-refractivity contribution in [1.82, 2.24) is 0 Å². The molecule has 0 unspecified atom stereocenters. The average molecular weight is 194 g/mol. The molecule has 0 aromatic carbocycles. The van der Waals surface area contributed by atoms with Crippen LogP contribution in [0.2, 0.25) is 9.45 Å². The molecule has 0 aliphatic carbocycles. The predicted molar refractivity (Wildman–Crippen MR) is 50.8 cm³/mol. The Hall–Kier alpha value is 0.931. The molecule has 0 fully saturated rings. The Labute approximate surface area is 79.1 Å². The summed E-state index contributed by atoms with van der Waals surface area (Å²) in [7, 11) is 0. The Morgan fingerprint density at radius 1 is 0.900 bits per heavy atom. The fraction of sp³-hybridized carbons (Fsp3) is 1.00. The normalized spacial score (nSPS) is 8.60. The van der Waals surface area contributed by atoms with Crippen molar-refractivity contribution < 1.29 is 19.2 Å². The predicted octanol–water partition coefficient (Wildman–Crippen LogP) is 2.05. The zero-order chi connectivity index (χ0) is 6.95. The molecule has 2 heteroatoms. The van der Waals surface area contributed by atoms with Crippen molar-refractivity contribution in [1.29, 1.82) is 0 Å². The monoisotopic (exact) mass is 194 g/mol. The van der Waals surface area contributed by atoms with Crippen LogP contribution < -0.4 is 0 Å². The maximum absolute atomic E-state index is 2.28. The second-order valence-electron chi connectivity index (χ2n) is 2.46. The first-order valence-corrected chi connectivity index (χ1v) is 6.33. The molecule has 0 spiro atoms. The summed E-state index contributed by atoms with van der Waals surface area (Å²) in [5, 5.41) is 0. The molecule has 0 saturated heterocycles. The van der Waals surface area contributed by atoms with Gasteiger partial charge in [0.1, 0.15) is 0 Å². The first kappa shape index (κ1) is 13.5. The van der Waals surface area contributed by atoms with E-state index >= 15 is 0 Å². The minimum absolute atomic E-state index is 0. The van der Waals surface area contributed by atoms with Crippen LogP contribution in [-0.4, -0.2) is 11.0 Å². The second-order valence-corrected chi connectivity index (χ2v) is 4.80. The molecule has 0 aliphatic rings. The Morgan fingerprint density at radius 3 is 1.60 bits per heavy atom. The van der Waals surface area contributed by atoms with Gasteiger partial charge in [0.2, 0.25) is 0 Å². The fourth-order valence-corrected chi connectivity index (χ4v) is 3.00. The van der Waals surface area contributed by atoms with Gasteiger partial charge in [0.25, 0.3) is 0 Å². The Bertz CT molecular complexity index is 42.5. The van der Waals surface area contributed by atoms with Gasteiger partial charge in [0.15, 0.2) is 0 Å². The number of hydrogen-bond donors (Lipinski definition) is 0. The third-order valence-electron chi connectivity index (χ3n) is 1.41. The SMILES string of the molecule is CCC[CH2][Ti][CH2]CCC.[SiH4]. The van der Waals surface area contributed by atoms with E-state index in [9.17, 15) is 0 Å². The molecule has 0 N–H and O–H groups in total.